The van der Waals surface area contributed by atoms with E-state index in [1.54, 1.807) is 0 Å². The fraction of sp³-hybridized carbons (Fsp3) is 0.647. The van der Waals surface area contributed by atoms with Gasteiger partial charge in [-0.25, -0.2) is 0 Å². The Morgan fingerprint density at radius 3 is 2.83 bits per heavy atom. The fourth-order valence-corrected chi connectivity index (χ4v) is 3.27. The van der Waals surface area contributed by atoms with Crippen molar-refractivity contribution < 1.29 is 0 Å². The van der Waals surface area contributed by atoms with Crippen LogP contribution >= 0.6 is 0 Å². The van der Waals surface area contributed by atoms with Crippen molar-refractivity contribution in [2.45, 2.75) is 58.9 Å². The minimum atomic E-state index is 0.498. The Balaban J connectivity index is 1.95. The van der Waals surface area contributed by atoms with E-state index in [1.165, 1.54) is 49.8 Å². The van der Waals surface area contributed by atoms with Crippen LogP contribution in [-0.2, 0) is 6.42 Å². The summed E-state index contributed by atoms with van der Waals surface area (Å²) in [4.78, 5) is 0. The zero-order valence-corrected chi connectivity index (χ0v) is 12.1. The van der Waals surface area contributed by atoms with Crippen LogP contribution in [0.15, 0.2) is 24.3 Å². The highest BCUT2D eigenvalue weighted by atomic mass is 14.9. The van der Waals surface area contributed by atoms with Gasteiger partial charge in [-0.15, -0.1) is 0 Å². The number of aryl methyl sites for hydroxylation is 1. The summed E-state index contributed by atoms with van der Waals surface area (Å²) in [5.74, 6) is 0. The maximum absolute atomic E-state index is 3.69. The molecule has 0 radical (unpaired) electrons. The van der Waals surface area contributed by atoms with Crippen LogP contribution in [0.5, 0.6) is 0 Å². The van der Waals surface area contributed by atoms with Crippen LogP contribution in [0.25, 0.3) is 0 Å². The Labute approximate surface area is 112 Å². The fourth-order valence-electron chi connectivity index (χ4n) is 3.27. The van der Waals surface area contributed by atoms with Crippen LogP contribution in [0, 0.1) is 12.3 Å². The van der Waals surface area contributed by atoms with Crippen molar-refractivity contribution in [1.82, 2.24) is 5.32 Å². The predicted molar refractivity (Wildman–Crippen MR) is 78.9 cm³/mol. The molecule has 1 aliphatic carbocycles. The first-order chi connectivity index (χ1) is 8.63. The first-order valence-electron chi connectivity index (χ1n) is 7.41. The molecule has 1 heteroatoms. The average molecular weight is 245 g/mol. The van der Waals surface area contributed by atoms with Gasteiger partial charge in [0.05, 0.1) is 0 Å². The van der Waals surface area contributed by atoms with Crippen molar-refractivity contribution in [3.8, 4) is 0 Å². The molecule has 0 aromatic heterocycles. The molecule has 1 aromatic carbocycles. The van der Waals surface area contributed by atoms with Gasteiger partial charge in [-0.2, -0.15) is 0 Å². The first-order valence-corrected chi connectivity index (χ1v) is 7.41. The minimum absolute atomic E-state index is 0.498. The van der Waals surface area contributed by atoms with Gasteiger partial charge >= 0.3 is 0 Å². The topological polar surface area (TPSA) is 12.0 Å². The summed E-state index contributed by atoms with van der Waals surface area (Å²) in [5, 5.41) is 3.69. The molecule has 2 unspecified atom stereocenters. The lowest BCUT2D eigenvalue weighted by Crippen LogP contribution is -2.29. The summed E-state index contributed by atoms with van der Waals surface area (Å²) in [6.07, 6.45) is 6.53. The SMILES string of the molecule is CCCNC1CCC(C)(Cc2ccccc2C)C1. The molecule has 1 aromatic rings. The number of benzene rings is 1. The Bertz CT molecular complexity index is 385. The highest BCUT2D eigenvalue weighted by Crippen LogP contribution is 2.41. The van der Waals surface area contributed by atoms with E-state index >= 15 is 0 Å². The lowest BCUT2D eigenvalue weighted by atomic mass is 9.81. The summed E-state index contributed by atoms with van der Waals surface area (Å²) in [6, 6.07) is 9.60. The quantitative estimate of drug-likeness (QED) is 0.823. The van der Waals surface area contributed by atoms with Gasteiger partial charge in [0.2, 0.25) is 0 Å². The maximum atomic E-state index is 3.69. The van der Waals surface area contributed by atoms with E-state index in [2.05, 4.69) is 50.4 Å². The molecule has 0 bridgehead atoms. The molecule has 1 aliphatic rings. The second-order valence-corrected chi connectivity index (χ2v) is 6.31. The van der Waals surface area contributed by atoms with Crippen LogP contribution in [-0.4, -0.2) is 12.6 Å². The number of nitrogens with one attached hydrogen (secondary N) is 1. The van der Waals surface area contributed by atoms with Crippen molar-refractivity contribution in [3.63, 3.8) is 0 Å². The van der Waals surface area contributed by atoms with Crippen LogP contribution in [0.1, 0.15) is 50.7 Å². The van der Waals surface area contributed by atoms with Crippen molar-refractivity contribution in [3.05, 3.63) is 35.4 Å². The third-order valence-electron chi connectivity index (χ3n) is 4.40. The Kier molecular flexibility index (Phi) is 4.45. The number of rotatable bonds is 5. The summed E-state index contributed by atoms with van der Waals surface area (Å²) >= 11 is 0. The highest BCUT2D eigenvalue weighted by Gasteiger charge is 2.34. The molecule has 0 amide bonds. The molecule has 2 rings (SSSR count). The molecule has 1 saturated carbocycles. The highest BCUT2D eigenvalue weighted by molar-refractivity contribution is 5.27. The van der Waals surface area contributed by atoms with Crippen molar-refractivity contribution in [2.75, 3.05) is 6.54 Å². The van der Waals surface area contributed by atoms with Crippen LogP contribution in [0.2, 0.25) is 0 Å². The molecule has 1 N–H and O–H groups in total. The van der Waals surface area contributed by atoms with Gasteiger partial charge in [-0.1, -0.05) is 38.1 Å². The third-order valence-corrected chi connectivity index (χ3v) is 4.40. The monoisotopic (exact) mass is 245 g/mol. The smallest absolute Gasteiger partial charge is 0.00725 e. The molecule has 0 spiro atoms. The second-order valence-electron chi connectivity index (χ2n) is 6.31. The van der Waals surface area contributed by atoms with E-state index in [4.69, 9.17) is 0 Å². The number of hydrogen-bond donors (Lipinski definition) is 1. The van der Waals surface area contributed by atoms with Gasteiger partial charge in [0.25, 0.3) is 0 Å². The van der Waals surface area contributed by atoms with E-state index in [-0.39, 0.29) is 0 Å². The van der Waals surface area contributed by atoms with Gasteiger partial charge in [0.15, 0.2) is 0 Å². The molecule has 2 atom stereocenters. The van der Waals surface area contributed by atoms with Crippen molar-refractivity contribution in [1.29, 1.82) is 0 Å². The summed E-state index contributed by atoms with van der Waals surface area (Å²) in [6.45, 7) is 8.12. The van der Waals surface area contributed by atoms with Gasteiger partial charge in [-0.05, 0) is 62.1 Å². The summed E-state index contributed by atoms with van der Waals surface area (Å²) < 4.78 is 0. The predicted octanol–water partition coefficient (Wildman–Crippen LogP) is 4.10. The molecule has 100 valence electrons. The molecule has 1 fully saturated rings. The lowest BCUT2D eigenvalue weighted by molar-refractivity contribution is 0.321. The van der Waals surface area contributed by atoms with Crippen molar-refractivity contribution >= 4 is 0 Å². The van der Waals surface area contributed by atoms with Crippen LogP contribution < -0.4 is 5.32 Å². The Morgan fingerprint density at radius 1 is 1.33 bits per heavy atom. The van der Waals surface area contributed by atoms with E-state index in [0.29, 0.717) is 5.41 Å². The normalized spacial score (nSPS) is 27.6. The first kappa shape index (κ1) is 13.6. The molecule has 18 heavy (non-hydrogen) atoms. The van der Waals surface area contributed by atoms with Crippen LogP contribution in [0.4, 0.5) is 0 Å². The third kappa shape index (κ3) is 3.35. The minimum Gasteiger partial charge on any atom is -0.314 e. The summed E-state index contributed by atoms with van der Waals surface area (Å²) in [7, 11) is 0. The van der Waals surface area contributed by atoms with E-state index in [1.807, 2.05) is 0 Å². The summed E-state index contributed by atoms with van der Waals surface area (Å²) in [5.41, 5.74) is 3.48. The zero-order valence-electron chi connectivity index (χ0n) is 12.1. The molecular formula is C17H27N. The van der Waals surface area contributed by atoms with Gasteiger partial charge in [-0.3, -0.25) is 0 Å². The van der Waals surface area contributed by atoms with E-state index < -0.39 is 0 Å². The van der Waals surface area contributed by atoms with Gasteiger partial charge in [0.1, 0.15) is 0 Å². The largest absolute Gasteiger partial charge is 0.314 e. The van der Waals surface area contributed by atoms with Crippen LogP contribution in [0.3, 0.4) is 0 Å². The van der Waals surface area contributed by atoms with E-state index in [0.717, 1.165) is 6.04 Å². The standard InChI is InChI=1S/C17H27N/c1-4-11-18-16-9-10-17(3,13-16)12-15-8-6-5-7-14(15)2/h5-8,16,18H,4,9-13H2,1-3H3. The molecule has 0 heterocycles. The van der Waals surface area contributed by atoms with Gasteiger partial charge in [0, 0.05) is 6.04 Å². The number of hydrogen-bond acceptors (Lipinski definition) is 1. The Hall–Kier alpha value is -0.820. The molecule has 0 saturated heterocycles. The Morgan fingerprint density at radius 2 is 2.11 bits per heavy atom. The molecule has 0 aliphatic heterocycles. The maximum Gasteiger partial charge on any atom is 0.00725 e. The average Bonchev–Trinajstić information content (AvgIpc) is 2.72. The second kappa shape index (κ2) is 5.88. The van der Waals surface area contributed by atoms with Crippen molar-refractivity contribution in [2.24, 2.45) is 5.41 Å². The van der Waals surface area contributed by atoms with Gasteiger partial charge < -0.3 is 5.32 Å². The molecule has 1 nitrogen and oxygen atoms in total. The zero-order chi connectivity index (χ0) is 13.0. The van der Waals surface area contributed by atoms with E-state index in [9.17, 15) is 0 Å². The molecular weight excluding hydrogens is 218 g/mol. The lowest BCUT2D eigenvalue weighted by Gasteiger charge is -2.25.